The van der Waals surface area contributed by atoms with Crippen LogP contribution in [0.2, 0.25) is 0 Å². The Balaban J connectivity index is 0.000000154. The summed E-state index contributed by atoms with van der Waals surface area (Å²) in [6.07, 6.45) is 0. The molecule has 1 unspecified atom stereocenters. The zero-order valence-electron chi connectivity index (χ0n) is 32.1. The van der Waals surface area contributed by atoms with E-state index in [-0.39, 0.29) is 34.8 Å². The average molecular weight is 787 g/mol. The molecule has 8 nitrogen and oxygen atoms in total. The maximum absolute atomic E-state index is 13.7. The lowest BCUT2D eigenvalue weighted by molar-refractivity contribution is 0.0978. The molecule has 8 aromatic carbocycles. The Morgan fingerprint density at radius 2 is 0.633 bits per heavy atom. The van der Waals surface area contributed by atoms with E-state index in [9.17, 15) is 30.0 Å². The van der Waals surface area contributed by atoms with E-state index >= 15 is 0 Å². The summed E-state index contributed by atoms with van der Waals surface area (Å²) in [7, 11) is 0. The van der Waals surface area contributed by atoms with Crippen LogP contribution in [0.15, 0.2) is 206 Å². The zero-order valence-corrected chi connectivity index (χ0v) is 32.1. The standard InChI is InChI=1S/2C26H19NO3/c28-20-16-14-18(15-17-20)26(23-12-6-7-13-24(23)29)22-11-5-4-10-21(22)25(30)27(26)19-8-2-1-3-9-19;28-21-14-10-18(11-15-21)26(19-12-16-22(29)17-13-19)24-9-5-4-8-23(24)25(30)27(26)20-6-2-1-3-7-20/h2*1-17,28-29H. The number of carbonyl (C=O) groups excluding carboxylic acids is 2. The van der Waals surface area contributed by atoms with Crippen LogP contribution in [-0.4, -0.2) is 32.2 Å². The number of phenols is 4. The minimum Gasteiger partial charge on any atom is -0.508 e. The molecular formula is C52H38N2O6. The van der Waals surface area contributed by atoms with E-state index in [1.807, 2.05) is 146 Å². The van der Waals surface area contributed by atoms with Gasteiger partial charge in [-0.05, 0) is 101 Å². The van der Waals surface area contributed by atoms with E-state index in [1.54, 1.807) is 70.5 Å². The second-order valence-corrected chi connectivity index (χ2v) is 14.6. The van der Waals surface area contributed by atoms with Crippen molar-refractivity contribution < 1.29 is 30.0 Å². The molecule has 0 radical (unpaired) electrons. The first kappa shape index (κ1) is 37.5. The van der Waals surface area contributed by atoms with Crippen molar-refractivity contribution in [1.29, 1.82) is 0 Å². The van der Waals surface area contributed by atoms with Gasteiger partial charge in [-0.2, -0.15) is 0 Å². The van der Waals surface area contributed by atoms with E-state index in [1.165, 1.54) is 0 Å². The summed E-state index contributed by atoms with van der Waals surface area (Å²) < 4.78 is 0. The highest BCUT2D eigenvalue weighted by Crippen LogP contribution is 2.54. The van der Waals surface area contributed by atoms with Crippen molar-refractivity contribution in [2.45, 2.75) is 11.1 Å². The van der Waals surface area contributed by atoms with Crippen LogP contribution in [-0.2, 0) is 11.1 Å². The molecule has 1 atom stereocenters. The van der Waals surface area contributed by atoms with Crippen molar-refractivity contribution in [2.24, 2.45) is 0 Å². The van der Waals surface area contributed by atoms with Gasteiger partial charge in [-0.3, -0.25) is 19.4 Å². The largest absolute Gasteiger partial charge is 0.508 e. The quantitative estimate of drug-likeness (QED) is 0.133. The van der Waals surface area contributed by atoms with Crippen LogP contribution in [0, 0.1) is 0 Å². The molecule has 8 heteroatoms. The molecular weight excluding hydrogens is 749 g/mol. The molecule has 0 bridgehead atoms. The third-order valence-corrected chi connectivity index (χ3v) is 11.3. The lowest BCUT2D eigenvalue weighted by atomic mass is 9.76. The van der Waals surface area contributed by atoms with Crippen molar-refractivity contribution >= 4 is 23.2 Å². The Hall–Kier alpha value is -8.10. The van der Waals surface area contributed by atoms with Gasteiger partial charge in [0, 0.05) is 33.6 Å². The molecule has 0 saturated heterocycles. The fourth-order valence-corrected chi connectivity index (χ4v) is 8.86. The second kappa shape index (κ2) is 15.0. The Kier molecular flexibility index (Phi) is 9.37. The predicted molar refractivity (Wildman–Crippen MR) is 232 cm³/mol. The van der Waals surface area contributed by atoms with Crippen LogP contribution in [0.3, 0.4) is 0 Å². The van der Waals surface area contributed by atoms with Gasteiger partial charge in [-0.15, -0.1) is 0 Å². The molecule has 2 aliphatic heterocycles. The Bertz CT molecular complexity index is 2800. The number of amides is 2. The summed E-state index contributed by atoms with van der Waals surface area (Å²) in [5.74, 6) is 0.295. The average Bonchev–Trinajstić information content (AvgIpc) is 3.71. The molecule has 0 aromatic heterocycles. The molecule has 2 aliphatic rings. The Morgan fingerprint density at radius 3 is 1.05 bits per heavy atom. The molecule has 0 saturated carbocycles. The van der Waals surface area contributed by atoms with Crippen LogP contribution in [0.25, 0.3) is 0 Å². The third kappa shape index (κ3) is 5.84. The van der Waals surface area contributed by atoms with Crippen molar-refractivity contribution in [2.75, 3.05) is 9.80 Å². The zero-order chi connectivity index (χ0) is 41.4. The summed E-state index contributed by atoms with van der Waals surface area (Å²) in [6.45, 7) is 0. The molecule has 8 aromatic rings. The first-order valence-electron chi connectivity index (χ1n) is 19.4. The van der Waals surface area contributed by atoms with Crippen LogP contribution < -0.4 is 9.80 Å². The number of para-hydroxylation sites is 3. The number of carbonyl (C=O) groups is 2. The molecule has 10 rings (SSSR count). The summed E-state index contributed by atoms with van der Waals surface area (Å²) >= 11 is 0. The number of hydrogen-bond acceptors (Lipinski definition) is 6. The number of phenolic OH excluding ortho intramolecular Hbond substituents is 4. The predicted octanol–water partition coefficient (Wildman–Crippen LogP) is 10.1. The van der Waals surface area contributed by atoms with E-state index in [0.29, 0.717) is 16.7 Å². The lowest BCUT2D eigenvalue weighted by Gasteiger charge is -2.40. The molecule has 2 heterocycles. The van der Waals surface area contributed by atoms with E-state index in [2.05, 4.69) is 0 Å². The number of rotatable bonds is 6. The third-order valence-electron chi connectivity index (χ3n) is 11.3. The fraction of sp³-hybridized carbons (Fsp3) is 0.0385. The first-order valence-corrected chi connectivity index (χ1v) is 19.4. The van der Waals surface area contributed by atoms with Gasteiger partial charge in [0.05, 0.1) is 0 Å². The van der Waals surface area contributed by atoms with Gasteiger partial charge < -0.3 is 20.4 Å². The smallest absolute Gasteiger partial charge is 0.260 e. The maximum Gasteiger partial charge on any atom is 0.260 e. The summed E-state index contributed by atoms with van der Waals surface area (Å²) in [6, 6.07) is 61.9. The number of fused-ring (bicyclic) bond motifs is 2. The number of hydrogen-bond donors (Lipinski definition) is 4. The van der Waals surface area contributed by atoms with Crippen molar-refractivity contribution in [3.05, 3.63) is 251 Å². The highest BCUT2D eigenvalue weighted by atomic mass is 16.3. The van der Waals surface area contributed by atoms with Gasteiger partial charge in [0.25, 0.3) is 11.8 Å². The topological polar surface area (TPSA) is 122 Å². The molecule has 292 valence electrons. The van der Waals surface area contributed by atoms with Crippen molar-refractivity contribution in [1.82, 2.24) is 0 Å². The van der Waals surface area contributed by atoms with Gasteiger partial charge in [-0.1, -0.05) is 127 Å². The molecule has 0 fully saturated rings. The first-order chi connectivity index (χ1) is 29.3. The second-order valence-electron chi connectivity index (χ2n) is 14.6. The Labute approximate surface area is 346 Å². The molecule has 2 amide bonds. The van der Waals surface area contributed by atoms with Crippen LogP contribution in [0.1, 0.15) is 54.1 Å². The monoisotopic (exact) mass is 786 g/mol. The molecule has 0 aliphatic carbocycles. The summed E-state index contributed by atoms with van der Waals surface area (Å²) in [5, 5.41) is 40.7. The number of benzene rings is 8. The number of aromatic hydroxyl groups is 4. The van der Waals surface area contributed by atoms with E-state index in [4.69, 9.17) is 0 Å². The van der Waals surface area contributed by atoms with Crippen LogP contribution in [0.5, 0.6) is 23.0 Å². The Morgan fingerprint density at radius 1 is 0.317 bits per heavy atom. The lowest BCUT2D eigenvalue weighted by Crippen LogP contribution is -2.46. The fourth-order valence-electron chi connectivity index (χ4n) is 8.86. The maximum atomic E-state index is 13.7. The minimum atomic E-state index is -1.09. The van der Waals surface area contributed by atoms with E-state index < -0.39 is 11.1 Å². The van der Waals surface area contributed by atoms with Crippen molar-refractivity contribution in [3.63, 3.8) is 0 Å². The normalized spacial score (nSPS) is 16.1. The van der Waals surface area contributed by atoms with Gasteiger partial charge in [-0.25, -0.2) is 0 Å². The summed E-state index contributed by atoms with van der Waals surface area (Å²) in [4.78, 5) is 31.0. The van der Waals surface area contributed by atoms with Gasteiger partial charge in [0.15, 0.2) is 0 Å². The highest BCUT2D eigenvalue weighted by molar-refractivity contribution is 6.15. The van der Waals surface area contributed by atoms with Crippen LogP contribution in [0.4, 0.5) is 11.4 Å². The van der Waals surface area contributed by atoms with Gasteiger partial charge in [0.1, 0.15) is 34.1 Å². The van der Waals surface area contributed by atoms with Gasteiger partial charge in [0.2, 0.25) is 0 Å². The molecule has 60 heavy (non-hydrogen) atoms. The number of nitrogens with zero attached hydrogens (tertiary/aromatic N) is 2. The van der Waals surface area contributed by atoms with Crippen molar-refractivity contribution in [3.8, 4) is 23.0 Å². The summed E-state index contributed by atoms with van der Waals surface area (Å²) in [5.41, 5.74) is 5.34. The SMILES string of the molecule is O=C1c2ccccc2C(c2ccc(O)cc2)(c2ccc(O)cc2)N1c1ccccc1.O=C1c2ccccc2C(c2ccc(O)cc2)(c2ccccc2O)N1c1ccccc1. The van der Waals surface area contributed by atoms with Gasteiger partial charge >= 0.3 is 0 Å². The highest BCUT2D eigenvalue weighted by Gasteiger charge is 2.55. The molecule has 0 spiro atoms. The van der Waals surface area contributed by atoms with E-state index in [0.717, 1.165) is 39.2 Å². The van der Waals surface area contributed by atoms with Crippen LogP contribution >= 0.6 is 0 Å². The molecule has 4 N–H and O–H groups in total. The number of anilines is 2. The minimum absolute atomic E-state index is 0.0935.